The van der Waals surface area contributed by atoms with E-state index in [9.17, 15) is 0 Å². The van der Waals surface area contributed by atoms with E-state index in [1.165, 1.54) is 5.47 Å². The summed E-state index contributed by atoms with van der Waals surface area (Å²) in [7, 11) is -0.221. The van der Waals surface area contributed by atoms with Gasteiger partial charge >= 0.3 is 7.12 Å². The molecule has 0 spiro atoms. The lowest BCUT2D eigenvalue weighted by atomic mass is 9.72. The van der Waals surface area contributed by atoms with Crippen LogP contribution in [0.4, 0.5) is 5.82 Å². The number of piperidine rings is 1. The Morgan fingerprint density at radius 1 is 1.18 bits per heavy atom. The van der Waals surface area contributed by atoms with Crippen LogP contribution in [0.2, 0.25) is 0 Å². The molecule has 3 atom stereocenters. The molecule has 0 radical (unpaired) electrons. The number of allylic oxidation sites excluding steroid dienone is 1. The minimum absolute atomic E-state index is 0.221. The van der Waals surface area contributed by atoms with Crippen LogP contribution in [0.3, 0.4) is 0 Å². The Morgan fingerprint density at radius 2 is 1.91 bits per heavy atom. The molecule has 1 aliphatic carbocycles. The van der Waals surface area contributed by atoms with Gasteiger partial charge in [-0.1, -0.05) is 37.9 Å². The normalized spacial score (nSPS) is 28.2. The molecule has 4 rings (SSSR count). The topological polar surface area (TPSA) is 55.9 Å². The van der Waals surface area contributed by atoms with Gasteiger partial charge in [0.15, 0.2) is 0 Å². The van der Waals surface area contributed by atoms with Crippen LogP contribution in [0, 0.1) is 5.92 Å². The molecule has 1 N–H and O–H groups in total. The maximum absolute atomic E-state index is 6.45. The van der Waals surface area contributed by atoms with Crippen LogP contribution in [0.1, 0.15) is 67.2 Å². The first kappa shape index (κ1) is 27.5. The van der Waals surface area contributed by atoms with Gasteiger partial charge in [-0.05, 0) is 77.2 Å². The molecule has 3 aliphatic rings. The zero-order valence-corrected chi connectivity index (χ0v) is 23.0. The van der Waals surface area contributed by atoms with E-state index in [1.54, 1.807) is 11.9 Å². The fraction of sp³-hybridized carbons (Fsp3) is 0.731. The van der Waals surface area contributed by atoms with E-state index in [2.05, 4.69) is 66.8 Å². The number of nitrogens with one attached hydrogen (secondary N) is 1. The lowest BCUT2D eigenvalue weighted by Gasteiger charge is -2.39. The highest BCUT2D eigenvalue weighted by Crippen LogP contribution is 2.40. The third-order valence-corrected chi connectivity index (χ3v) is 8.01. The minimum atomic E-state index is -0.286. The summed E-state index contributed by atoms with van der Waals surface area (Å²) in [5, 5.41) is 0. The Kier molecular flexibility index (Phi) is 9.93. The molecule has 0 aromatic carbocycles. The van der Waals surface area contributed by atoms with Crippen LogP contribution in [0.25, 0.3) is 0 Å². The van der Waals surface area contributed by atoms with Crippen molar-refractivity contribution in [2.45, 2.75) is 90.6 Å². The van der Waals surface area contributed by atoms with Crippen LogP contribution in [0.5, 0.6) is 0 Å². The molecule has 1 aromatic heterocycles. The summed E-state index contributed by atoms with van der Waals surface area (Å²) in [6.07, 6.45) is 10.5. The van der Waals surface area contributed by atoms with Crippen molar-refractivity contribution in [2.75, 3.05) is 30.9 Å². The van der Waals surface area contributed by atoms with Crippen LogP contribution in [-0.4, -0.2) is 61.4 Å². The number of hydrogen-bond donors (Lipinski definition) is 1. The molecule has 8 heteroatoms. The van der Waals surface area contributed by atoms with Gasteiger partial charge in [0.25, 0.3) is 0 Å². The number of anilines is 1. The Hall–Kier alpha value is -1.06. The highest BCUT2D eigenvalue weighted by molar-refractivity contribution is 7.96. The fourth-order valence-corrected chi connectivity index (χ4v) is 5.32. The van der Waals surface area contributed by atoms with E-state index >= 15 is 0 Å². The summed E-state index contributed by atoms with van der Waals surface area (Å²) < 4.78 is 22.5. The van der Waals surface area contributed by atoms with Gasteiger partial charge in [0.1, 0.15) is 5.82 Å². The van der Waals surface area contributed by atoms with E-state index in [0.717, 1.165) is 51.2 Å². The van der Waals surface area contributed by atoms with Crippen LogP contribution < -0.4 is 9.62 Å². The average molecular weight is 490 g/mol. The molecule has 190 valence electrons. The van der Waals surface area contributed by atoms with Gasteiger partial charge in [0, 0.05) is 31.2 Å². The van der Waals surface area contributed by atoms with Crippen molar-refractivity contribution >= 4 is 24.9 Å². The number of pyridine rings is 1. The predicted octanol–water partition coefficient (Wildman–Crippen LogP) is 5.30. The third-order valence-electron chi connectivity index (χ3n) is 7.48. The van der Waals surface area contributed by atoms with Crippen LogP contribution in [-0.2, 0) is 14.0 Å². The standard InChI is InChI=1S/C24H38BN3O3S.C2H6/c1-23(2)24(3,4)31-25(30-23)19-9-11-20(12-10-19)29-17-18-16-28(15-13-21(18)27-32-5)22-8-6-7-14-26-22;1-2/h6-9,14,18,20-21,27H,10-13,15-17H2,1-5H3;1-2H3. The summed E-state index contributed by atoms with van der Waals surface area (Å²) in [6.45, 7) is 15.2. The number of aromatic nitrogens is 1. The van der Waals surface area contributed by atoms with Crippen molar-refractivity contribution in [1.29, 1.82) is 0 Å². The Bertz CT molecular complexity index is 777. The smallest absolute Gasteiger partial charge is 0.400 e. The summed E-state index contributed by atoms with van der Waals surface area (Å²) >= 11 is 1.71. The second-order valence-electron chi connectivity index (χ2n) is 10.2. The first-order chi connectivity index (χ1) is 16.3. The Balaban J connectivity index is 0.00000158. The highest BCUT2D eigenvalue weighted by Gasteiger charge is 2.52. The van der Waals surface area contributed by atoms with Gasteiger partial charge in [-0.15, -0.1) is 0 Å². The molecule has 3 heterocycles. The minimum Gasteiger partial charge on any atom is -0.400 e. The number of hydrogen-bond acceptors (Lipinski definition) is 7. The third kappa shape index (κ3) is 6.58. The van der Waals surface area contributed by atoms with Gasteiger partial charge in [-0.3, -0.25) is 4.72 Å². The Morgan fingerprint density at radius 3 is 2.50 bits per heavy atom. The van der Waals surface area contributed by atoms with Crippen LogP contribution >= 0.6 is 11.9 Å². The number of rotatable bonds is 7. The fourth-order valence-electron chi connectivity index (χ4n) is 4.71. The highest BCUT2D eigenvalue weighted by atomic mass is 32.2. The maximum Gasteiger partial charge on any atom is 0.490 e. The lowest BCUT2D eigenvalue weighted by Crippen LogP contribution is -2.50. The molecule has 2 fully saturated rings. The van der Waals surface area contributed by atoms with E-state index < -0.39 is 0 Å². The first-order valence-electron chi connectivity index (χ1n) is 12.9. The van der Waals surface area contributed by atoms with Crippen molar-refractivity contribution < 1.29 is 14.0 Å². The second kappa shape index (κ2) is 12.3. The molecule has 1 aromatic rings. The molecule has 6 nitrogen and oxygen atoms in total. The zero-order chi connectivity index (χ0) is 24.8. The SMILES string of the molecule is CC.CSNC1CCN(c2ccccn2)CC1COC1CC=C(B2OC(C)(C)C(C)(C)O2)CC1. The van der Waals surface area contributed by atoms with E-state index in [-0.39, 0.29) is 24.4 Å². The molecule has 34 heavy (non-hydrogen) atoms. The summed E-state index contributed by atoms with van der Waals surface area (Å²) in [4.78, 5) is 6.94. The van der Waals surface area contributed by atoms with E-state index in [0.29, 0.717) is 12.0 Å². The van der Waals surface area contributed by atoms with Gasteiger partial charge in [-0.2, -0.15) is 0 Å². The maximum atomic E-state index is 6.45. The molecule has 2 saturated heterocycles. The molecular formula is C26H44BN3O3S. The molecule has 0 bridgehead atoms. The second-order valence-corrected chi connectivity index (χ2v) is 10.9. The summed E-state index contributed by atoms with van der Waals surface area (Å²) in [6, 6.07) is 6.60. The van der Waals surface area contributed by atoms with Gasteiger partial charge < -0.3 is 18.9 Å². The van der Waals surface area contributed by atoms with Gasteiger partial charge in [0.05, 0.1) is 23.9 Å². The lowest BCUT2D eigenvalue weighted by molar-refractivity contribution is 0.00578. The molecule has 3 unspecified atom stereocenters. The number of nitrogens with zero attached hydrogens (tertiary/aromatic N) is 2. The quantitative estimate of drug-likeness (QED) is 0.412. The number of ether oxygens (including phenoxy) is 1. The summed E-state index contributed by atoms with van der Waals surface area (Å²) in [5.74, 6) is 1.50. The molecular weight excluding hydrogens is 445 g/mol. The Labute approximate surface area is 211 Å². The van der Waals surface area contributed by atoms with E-state index in [4.69, 9.17) is 14.0 Å². The van der Waals surface area contributed by atoms with Crippen LogP contribution in [0.15, 0.2) is 35.9 Å². The van der Waals surface area contributed by atoms with Crippen molar-refractivity contribution in [1.82, 2.24) is 9.71 Å². The van der Waals surface area contributed by atoms with Crippen molar-refractivity contribution in [3.8, 4) is 0 Å². The first-order valence-corrected chi connectivity index (χ1v) is 14.1. The molecule has 2 aliphatic heterocycles. The van der Waals surface area contributed by atoms with Crippen molar-refractivity contribution in [2.24, 2.45) is 5.92 Å². The monoisotopic (exact) mass is 489 g/mol. The van der Waals surface area contributed by atoms with E-state index in [1.807, 2.05) is 26.1 Å². The molecule has 0 amide bonds. The zero-order valence-electron chi connectivity index (χ0n) is 22.2. The van der Waals surface area contributed by atoms with Crippen molar-refractivity contribution in [3.05, 3.63) is 35.9 Å². The largest absolute Gasteiger partial charge is 0.490 e. The average Bonchev–Trinajstić information content (AvgIpc) is 3.07. The van der Waals surface area contributed by atoms with Gasteiger partial charge in [0.2, 0.25) is 0 Å². The summed E-state index contributed by atoms with van der Waals surface area (Å²) in [5.41, 5.74) is 0.696. The van der Waals surface area contributed by atoms with Gasteiger partial charge in [-0.25, -0.2) is 4.98 Å². The molecule has 0 saturated carbocycles. The van der Waals surface area contributed by atoms with Crippen molar-refractivity contribution in [3.63, 3.8) is 0 Å². The predicted molar refractivity (Wildman–Crippen MR) is 144 cm³/mol.